The van der Waals surface area contributed by atoms with Gasteiger partial charge in [-0.05, 0) is 31.6 Å². The zero-order chi connectivity index (χ0) is 75.5. The van der Waals surface area contributed by atoms with Crippen LogP contribution >= 0.6 is 15.6 Å². The summed E-state index contributed by atoms with van der Waals surface area (Å²) in [6.07, 6.45) is 69.7. The lowest BCUT2D eigenvalue weighted by Gasteiger charge is -2.21. The van der Waals surface area contributed by atoms with Gasteiger partial charge in [-0.3, -0.25) is 37.3 Å². The van der Waals surface area contributed by atoms with Crippen LogP contribution in [-0.2, 0) is 65.4 Å². The Hall–Kier alpha value is -1.94. The van der Waals surface area contributed by atoms with Gasteiger partial charge in [0.25, 0.3) is 0 Å². The van der Waals surface area contributed by atoms with Gasteiger partial charge >= 0.3 is 39.5 Å². The third-order valence-electron chi connectivity index (χ3n) is 19.8. The van der Waals surface area contributed by atoms with E-state index in [0.717, 1.165) is 96.3 Å². The molecule has 0 aliphatic rings. The highest BCUT2D eigenvalue weighted by Gasteiger charge is 2.30. The van der Waals surface area contributed by atoms with Crippen molar-refractivity contribution in [3.05, 3.63) is 0 Å². The van der Waals surface area contributed by atoms with E-state index in [0.29, 0.717) is 31.6 Å². The number of phosphoric acid groups is 2. The molecule has 0 radical (unpaired) electrons. The molecule has 0 aliphatic carbocycles. The van der Waals surface area contributed by atoms with Crippen LogP contribution in [0.5, 0.6) is 0 Å². The van der Waals surface area contributed by atoms with Crippen molar-refractivity contribution in [3.8, 4) is 0 Å². The third-order valence-corrected chi connectivity index (χ3v) is 21.7. The molecule has 0 saturated heterocycles. The molecule has 0 rings (SSSR count). The summed E-state index contributed by atoms with van der Waals surface area (Å²) in [6.45, 7) is 7.26. The largest absolute Gasteiger partial charge is 0.472 e. The molecule has 0 aliphatic heterocycles. The van der Waals surface area contributed by atoms with Crippen molar-refractivity contribution in [3.63, 3.8) is 0 Å². The summed E-state index contributed by atoms with van der Waals surface area (Å²) >= 11 is 0. The standard InChI is InChI=1S/C84H164O17P2/c1-6-9-12-15-18-21-24-27-30-32-34-35-37-39-41-44-47-50-53-60-65-70-83(88)100-79(73-94-81(86)67-62-57-51-48-45-43-40-38-36-33-31-28-25-22-19-16-13-10-7-2)75-98-102(90,91)96-71-78(85)72-97-103(92,93)99-76-80(74-95-82(87)68-63-58-55-54-56-61-66-77(4)5)101-84(89)69-64-59-52-49-46-42-29-26-23-20-17-14-11-8-3/h77-80,85H,6-76H2,1-5H3,(H,90,91)(H,92,93)/t78-,79-,80-/m1/s1. The average Bonchev–Trinajstić information content (AvgIpc) is 1.00. The van der Waals surface area contributed by atoms with E-state index in [4.69, 9.17) is 37.0 Å². The summed E-state index contributed by atoms with van der Waals surface area (Å²) in [5, 5.41) is 10.7. The number of aliphatic hydroxyl groups excluding tert-OH is 1. The predicted octanol–water partition coefficient (Wildman–Crippen LogP) is 25.6. The molecule has 0 bridgehead atoms. The van der Waals surface area contributed by atoms with E-state index >= 15 is 0 Å². The van der Waals surface area contributed by atoms with Gasteiger partial charge in [0, 0.05) is 25.7 Å². The molecule has 0 spiro atoms. The third kappa shape index (κ3) is 78.0. The second kappa shape index (κ2) is 76.8. The van der Waals surface area contributed by atoms with Crippen molar-refractivity contribution in [2.75, 3.05) is 39.6 Å². The Balaban J connectivity index is 5.20. The molecular formula is C84H164O17P2. The van der Waals surface area contributed by atoms with Gasteiger partial charge in [-0.25, -0.2) is 9.13 Å². The Kier molecular flexibility index (Phi) is 75.4. The van der Waals surface area contributed by atoms with Crippen molar-refractivity contribution in [1.82, 2.24) is 0 Å². The fourth-order valence-electron chi connectivity index (χ4n) is 13.1. The predicted molar refractivity (Wildman–Crippen MR) is 423 cm³/mol. The molecule has 0 aromatic carbocycles. The SMILES string of the molecule is CCCCCCCCCCCCCCCCCCCCCCCC(=O)O[C@H](COC(=O)CCCCCCCCCCCCCCCCCCCCC)COP(=O)(O)OC[C@@H](O)COP(=O)(O)OC[C@@H](COC(=O)CCCCCCCCC(C)C)OC(=O)CCCCCCCCCCCCCCCC. The minimum absolute atomic E-state index is 0.107. The van der Waals surface area contributed by atoms with Crippen molar-refractivity contribution in [2.24, 2.45) is 5.92 Å². The summed E-state index contributed by atoms with van der Waals surface area (Å²) in [7, 11) is -9.92. The highest BCUT2D eigenvalue weighted by atomic mass is 31.2. The summed E-state index contributed by atoms with van der Waals surface area (Å²) in [5.41, 5.74) is 0. The van der Waals surface area contributed by atoms with E-state index in [9.17, 15) is 43.2 Å². The Morgan fingerprint density at radius 2 is 0.447 bits per heavy atom. The molecule has 0 aromatic rings. The number of hydrogen-bond acceptors (Lipinski definition) is 15. The zero-order valence-corrected chi connectivity index (χ0v) is 69.3. The summed E-state index contributed by atoms with van der Waals surface area (Å²) in [6, 6.07) is 0. The maximum absolute atomic E-state index is 13.1. The molecule has 19 heteroatoms. The average molecular weight is 1510 g/mol. The molecule has 0 amide bonds. The topological polar surface area (TPSA) is 237 Å². The first-order valence-corrected chi connectivity index (χ1v) is 46.6. The lowest BCUT2D eigenvalue weighted by molar-refractivity contribution is -0.161. The van der Waals surface area contributed by atoms with Crippen molar-refractivity contribution >= 4 is 39.5 Å². The van der Waals surface area contributed by atoms with Crippen LogP contribution in [0.15, 0.2) is 0 Å². The monoisotopic (exact) mass is 1510 g/mol. The normalized spacial score (nSPS) is 13.8. The lowest BCUT2D eigenvalue weighted by Crippen LogP contribution is -2.30. The first kappa shape index (κ1) is 101. The van der Waals surface area contributed by atoms with Gasteiger partial charge in [0.1, 0.15) is 19.3 Å². The zero-order valence-electron chi connectivity index (χ0n) is 67.5. The maximum atomic E-state index is 13.1. The highest BCUT2D eigenvalue weighted by molar-refractivity contribution is 7.47. The Labute approximate surface area is 632 Å². The van der Waals surface area contributed by atoms with Gasteiger partial charge in [0.05, 0.1) is 26.4 Å². The molecule has 17 nitrogen and oxygen atoms in total. The quantitative estimate of drug-likeness (QED) is 0.0222. The van der Waals surface area contributed by atoms with Crippen LogP contribution < -0.4 is 0 Å². The van der Waals surface area contributed by atoms with E-state index in [1.807, 2.05) is 0 Å². The van der Waals surface area contributed by atoms with Gasteiger partial charge in [-0.15, -0.1) is 0 Å². The number of phosphoric ester groups is 2. The van der Waals surface area contributed by atoms with E-state index in [-0.39, 0.29) is 25.7 Å². The fraction of sp³-hybridized carbons (Fsp3) is 0.952. The smallest absolute Gasteiger partial charge is 0.462 e. The Morgan fingerprint density at radius 1 is 0.262 bits per heavy atom. The number of carbonyl (C=O) groups is 4. The van der Waals surface area contributed by atoms with E-state index in [1.54, 1.807) is 0 Å². The number of ether oxygens (including phenoxy) is 4. The number of rotatable bonds is 84. The van der Waals surface area contributed by atoms with Crippen LogP contribution in [0.25, 0.3) is 0 Å². The van der Waals surface area contributed by atoms with E-state index < -0.39 is 97.5 Å². The first-order valence-electron chi connectivity index (χ1n) is 43.6. The molecule has 103 heavy (non-hydrogen) atoms. The Bertz CT molecular complexity index is 1960. The van der Waals surface area contributed by atoms with Crippen LogP contribution in [0.3, 0.4) is 0 Å². The fourth-order valence-corrected chi connectivity index (χ4v) is 14.7. The highest BCUT2D eigenvalue weighted by Crippen LogP contribution is 2.45. The van der Waals surface area contributed by atoms with Crippen LogP contribution in [0.1, 0.15) is 452 Å². The Morgan fingerprint density at radius 3 is 0.660 bits per heavy atom. The number of aliphatic hydroxyl groups is 1. The summed E-state index contributed by atoms with van der Waals surface area (Å²) < 4.78 is 68.8. The van der Waals surface area contributed by atoms with Crippen molar-refractivity contribution in [2.45, 2.75) is 470 Å². The number of hydrogen-bond donors (Lipinski definition) is 3. The maximum Gasteiger partial charge on any atom is 0.472 e. The molecule has 0 aromatic heterocycles. The number of esters is 4. The second-order valence-corrected chi connectivity index (χ2v) is 33.6. The molecule has 5 atom stereocenters. The van der Waals surface area contributed by atoms with Gasteiger partial charge in [-0.1, -0.05) is 401 Å². The molecule has 0 saturated carbocycles. The minimum Gasteiger partial charge on any atom is -0.462 e. The van der Waals surface area contributed by atoms with E-state index in [1.165, 1.54) is 270 Å². The number of carbonyl (C=O) groups excluding carboxylic acids is 4. The number of unbranched alkanes of at least 4 members (excludes halogenated alkanes) is 56. The lowest BCUT2D eigenvalue weighted by atomic mass is 10.0. The van der Waals surface area contributed by atoms with Crippen molar-refractivity contribution in [1.29, 1.82) is 0 Å². The summed E-state index contributed by atoms with van der Waals surface area (Å²) in [4.78, 5) is 73.1. The molecule has 0 fully saturated rings. The van der Waals surface area contributed by atoms with Crippen LogP contribution in [0.4, 0.5) is 0 Å². The van der Waals surface area contributed by atoms with Gasteiger partial charge in [-0.2, -0.15) is 0 Å². The van der Waals surface area contributed by atoms with Crippen LogP contribution in [-0.4, -0.2) is 96.7 Å². The molecular weight excluding hydrogens is 1340 g/mol. The minimum atomic E-state index is -4.96. The molecule has 612 valence electrons. The van der Waals surface area contributed by atoms with Gasteiger partial charge < -0.3 is 33.8 Å². The second-order valence-electron chi connectivity index (χ2n) is 30.7. The molecule has 0 heterocycles. The van der Waals surface area contributed by atoms with E-state index in [2.05, 4.69) is 34.6 Å². The van der Waals surface area contributed by atoms with Crippen LogP contribution in [0.2, 0.25) is 0 Å². The van der Waals surface area contributed by atoms with Crippen LogP contribution in [0, 0.1) is 5.92 Å². The van der Waals surface area contributed by atoms with Gasteiger partial charge in [0.2, 0.25) is 0 Å². The molecule has 3 N–H and O–H groups in total. The van der Waals surface area contributed by atoms with Crippen molar-refractivity contribution < 1.29 is 80.2 Å². The molecule has 2 unspecified atom stereocenters. The van der Waals surface area contributed by atoms with Gasteiger partial charge in [0.15, 0.2) is 12.2 Å². The summed E-state index contributed by atoms with van der Waals surface area (Å²) in [5.74, 6) is -1.43. The first-order chi connectivity index (χ1) is 50.0.